The lowest BCUT2D eigenvalue weighted by atomic mass is 10.1. The maximum atomic E-state index is 6.20. The summed E-state index contributed by atoms with van der Waals surface area (Å²) in [5.41, 5.74) is 6.20. The van der Waals surface area contributed by atoms with Crippen molar-refractivity contribution in [1.29, 1.82) is 0 Å². The first-order valence-electron chi connectivity index (χ1n) is 6.04. The fourth-order valence-electron chi connectivity index (χ4n) is 2.51. The van der Waals surface area contributed by atoms with Gasteiger partial charge in [0.1, 0.15) is 12.2 Å². The van der Waals surface area contributed by atoms with Gasteiger partial charge < -0.3 is 5.73 Å². The third-order valence-corrected chi connectivity index (χ3v) is 3.36. The highest BCUT2D eigenvalue weighted by atomic mass is 15.4. The van der Waals surface area contributed by atoms with Gasteiger partial charge in [-0.25, -0.2) is 9.67 Å². The Kier molecular flexibility index (Phi) is 3.25. The Morgan fingerprint density at radius 1 is 1.56 bits per heavy atom. The van der Waals surface area contributed by atoms with Crippen LogP contribution in [0.2, 0.25) is 0 Å². The van der Waals surface area contributed by atoms with Crippen molar-refractivity contribution < 1.29 is 0 Å². The summed E-state index contributed by atoms with van der Waals surface area (Å²) in [4.78, 5) is 6.80. The molecule has 1 aromatic heterocycles. The highest BCUT2D eigenvalue weighted by molar-refractivity contribution is 5.05. The number of nitrogens with zero attached hydrogens (tertiary/aromatic N) is 4. The van der Waals surface area contributed by atoms with Gasteiger partial charge in [-0.1, -0.05) is 0 Å². The lowest BCUT2D eigenvalue weighted by Gasteiger charge is -2.29. The Labute approximate surface area is 96.6 Å². The quantitative estimate of drug-likeness (QED) is 0.822. The van der Waals surface area contributed by atoms with Crippen molar-refractivity contribution in [2.24, 2.45) is 5.73 Å². The Morgan fingerprint density at radius 3 is 2.94 bits per heavy atom. The highest BCUT2D eigenvalue weighted by Gasteiger charge is 2.37. The van der Waals surface area contributed by atoms with E-state index in [-0.39, 0.29) is 12.1 Å². The molecule has 90 valence electrons. The zero-order chi connectivity index (χ0) is 11.7. The summed E-state index contributed by atoms with van der Waals surface area (Å²) in [6.07, 6.45) is 2.67. The second-order valence-corrected chi connectivity index (χ2v) is 4.66. The molecule has 2 rings (SSSR count). The van der Waals surface area contributed by atoms with Gasteiger partial charge in [0.25, 0.3) is 0 Å². The molecule has 1 aromatic rings. The number of rotatable bonds is 3. The van der Waals surface area contributed by atoms with Crippen LogP contribution in [0.1, 0.15) is 39.1 Å². The molecule has 0 unspecified atom stereocenters. The number of aromatic nitrogens is 3. The maximum Gasteiger partial charge on any atom is 0.145 e. The zero-order valence-electron chi connectivity index (χ0n) is 10.3. The van der Waals surface area contributed by atoms with Crippen LogP contribution in [0, 0.1) is 0 Å². The minimum atomic E-state index is 0.178. The molecular formula is C11H21N5. The van der Waals surface area contributed by atoms with E-state index in [0.717, 1.165) is 25.3 Å². The highest BCUT2D eigenvalue weighted by Crippen LogP contribution is 2.31. The predicted molar refractivity (Wildman–Crippen MR) is 62.9 cm³/mol. The zero-order valence-corrected chi connectivity index (χ0v) is 10.3. The van der Waals surface area contributed by atoms with Crippen LogP contribution in [0.5, 0.6) is 0 Å². The van der Waals surface area contributed by atoms with E-state index < -0.39 is 0 Å². The van der Waals surface area contributed by atoms with Crippen molar-refractivity contribution in [1.82, 2.24) is 19.7 Å². The van der Waals surface area contributed by atoms with Gasteiger partial charge in [-0.05, 0) is 27.2 Å². The number of likely N-dealkylation sites (tertiary alicyclic amines) is 1. The Bertz CT molecular complexity index is 346. The molecule has 0 aliphatic carbocycles. The minimum Gasteiger partial charge on any atom is -0.326 e. The van der Waals surface area contributed by atoms with E-state index in [0.29, 0.717) is 6.04 Å². The Balaban J connectivity index is 2.30. The van der Waals surface area contributed by atoms with Gasteiger partial charge in [0.2, 0.25) is 0 Å². The molecule has 16 heavy (non-hydrogen) atoms. The lowest BCUT2D eigenvalue weighted by molar-refractivity contribution is 0.186. The normalized spacial score (nSPS) is 26.8. The average molecular weight is 223 g/mol. The fraction of sp³-hybridized carbons (Fsp3) is 0.818. The van der Waals surface area contributed by atoms with Gasteiger partial charge in [0, 0.05) is 25.2 Å². The number of nitrogens with two attached hydrogens (primary N) is 1. The standard InChI is InChI=1S/C11H21N5/c1-4-16-11(13-7-14-16)10-9(12)5-6-15(10)8(2)3/h7-10H,4-6,12H2,1-3H3/t9-,10-/m1/s1. The van der Waals surface area contributed by atoms with E-state index >= 15 is 0 Å². The Hall–Kier alpha value is -0.940. The van der Waals surface area contributed by atoms with Crippen molar-refractivity contribution in [2.45, 2.75) is 51.9 Å². The monoisotopic (exact) mass is 223 g/mol. The van der Waals surface area contributed by atoms with Crippen LogP contribution < -0.4 is 5.73 Å². The van der Waals surface area contributed by atoms with E-state index in [4.69, 9.17) is 5.73 Å². The van der Waals surface area contributed by atoms with Gasteiger partial charge in [-0.15, -0.1) is 0 Å². The van der Waals surface area contributed by atoms with Crippen LogP contribution in [0.4, 0.5) is 0 Å². The predicted octanol–water partition coefficient (Wildman–Crippen LogP) is 0.781. The third kappa shape index (κ3) is 1.85. The number of hydrogen-bond acceptors (Lipinski definition) is 4. The van der Waals surface area contributed by atoms with Gasteiger partial charge in [0.15, 0.2) is 0 Å². The fourth-order valence-corrected chi connectivity index (χ4v) is 2.51. The van der Waals surface area contributed by atoms with Gasteiger partial charge in [-0.2, -0.15) is 5.10 Å². The smallest absolute Gasteiger partial charge is 0.145 e. The van der Waals surface area contributed by atoms with Gasteiger partial charge in [-0.3, -0.25) is 4.90 Å². The van der Waals surface area contributed by atoms with Crippen molar-refractivity contribution in [3.63, 3.8) is 0 Å². The first-order valence-corrected chi connectivity index (χ1v) is 6.04. The van der Waals surface area contributed by atoms with E-state index in [1.807, 2.05) is 4.68 Å². The van der Waals surface area contributed by atoms with Gasteiger partial charge in [0.05, 0.1) is 6.04 Å². The molecule has 1 fully saturated rings. The molecule has 0 saturated carbocycles. The molecule has 0 spiro atoms. The van der Waals surface area contributed by atoms with Crippen molar-refractivity contribution in [3.05, 3.63) is 12.2 Å². The maximum absolute atomic E-state index is 6.20. The van der Waals surface area contributed by atoms with Crippen LogP contribution in [0.3, 0.4) is 0 Å². The number of hydrogen-bond donors (Lipinski definition) is 1. The van der Waals surface area contributed by atoms with Crippen molar-refractivity contribution >= 4 is 0 Å². The Morgan fingerprint density at radius 2 is 2.31 bits per heavy atom. The van der Waals surface area contributed by atoms with E-state index in [2.05, 4.69) is 35.8 Å². The molecular weight excluding hydrogens is 202 g/mol. The van der Waals surface area contributed by atoms with E-state index in [1.54, 1.807) is 6.33 Å². The topological polar surface area (TPSA) is 60.0 Å². The summed E-state index contributed by atoms with van der Waals surface area (Å²) in [6, 6.07) is 0.903. The summed E-state index contributed by atoms with van der Waals surface area (Å²) in [5, 5.41) is 4.23. The van der Waals surface area contributed by atoms with Gasteiger partial charge >= 0.3 is 0 Å². The summed E-state index contributed by atoms with van der Waals surface area (Å²) >= 11 is 0. The second-order valence-electron chi connectivity index (χ2n) is 4.66. The first-order chi connectivity index (χ1) is 7.65. The lowest BCUT2D eigenvalue weighted by Crippen LogP contribution is -2.37. The van der Waals surface area contributed by atoms with E-state index in [9.17, 15) is 0 Å². The van der Waals surface area contributed by atoms with Crippen LogP contribution in [-0.2, 0) is 6.54 Å². The van der Waals surface area contributed by atoms with E-state index in [1.165, 1.54) is 0 Å². The molecule has 0 aromatic carbocycles. The minimum absolute atomic E-state index is 0.178. The summed E-state index contributed by atoms with van der Waals surface area (Å²) in [7, 11) is 0. The summed E-state index contributed by atoms with van der Waals surface area (Å²) < 4.78 is 1.95. The van der Waals surface area contributed by atoms with Crippen LogP contribution >= 0.6 is 0 Å². The second kappa shape index (κ2) is 4.51. The largest absolute Gasteiger partial charge is 0.326 e. The SMILES string of the molecule is CCn1ncnc1[C@H]1[C@H](N)CCN1C(C)C. The molecule has 1 saturated heterocycles. The van der Waals surface area contributed by atoms with Crippen LogP contribution in [-0.4, -0.2) is 38.3 Å². The third-order valence-electron chi connectivity index (χ3n) is 3.36. The van der Waals surface area contributed by atoms with Crippen molar-refractivity contribution in [2.75, 3.05) is 6.54 Å². The summed E-state index contributed by atoms with van der Waals surface area (Å²) in [5.74, 6) is 1.02. The first kappa shape index (κ1) is 11.5. The summed E-state index contributed by atoms with van der Waals surface area (Å²) in [6.45, 7) is 8.40. The molecule has 0 amide bonds. The number of aryl methyl sites for hydroxylation is 1. The molecule has 0 radical (unpaired) electrons. The molecule has 0 bridgehead atoms. The molecule has 2 heterocycles. The molecule has 2 atom stereocenters. The molecule has 5 nitrogen and oxygen atoms in total. The molecule has 5 heteroatoms. The molecule has 1 aliphatic heterocycles. The van der Waals surface area contributed by atoms with Crippen LogP contribution in [0.25, 0.3) is 0 Å². The molecule has 1 aliphatic rings. The van der Waals surface area contributed by atoms with Crippen molar-refractivity contribution in [3.8, 4) is 0 Å². The molecule has 2 N–H and O–H groups in total. The van der Waals surface area contributed by atoms with Crippen LogP contribution in [0.15, 0.2) is 6.33 Å². The average Bonchev–Trinajstić information content (AvgIpc) is 2.82.